The van der Waals surface area contributed by atoms with E-state index in [0.29, 0.717) is 10.7 Å². The van der Waals surface area contributed by atoms with E-state index in [4.69, 9.17) is 11.6 Å². The lowest BCUT2D eigenvalue weighted by Crippen LogP contribution is -2.40. The highest BCUT2D eigenvalue weighted by Gasteiger charge is 2.22. The fraction of sp³-hybridized carbons (Fsp3) is 0.0625. The summed E-state index contributed by atoms with van der Waals surface area (Å²) in [6.45, 7) is 1.71. The summed E-state index contributed by atoms with van der Waals surface area (Å²) in [6.07, 6.45) is 6.54. The second-order valence-corrected chi connectivity index (χ2v) is 5.23. The van der Waals surface area contributed by atoms with Crippen LogP contribution < -0.4 is 5.01 Å². The summed E-state index contributed by atoms with van der Waals surface area (Å²) in [6, 6.07) is 10.8. The largest absolute Gasteiger partial charge is 0.491 e. The van der Waals surface area contributed by atoms with E-state index in [0.717, 1.165) is 11.3 Å². The first kappa shape index (κ1) is 15.1. The molecule has 23 heavy (non-hydrogen) atoms. The number of rotatable bonds is 3. The fourth-order valence-corrected chi connectivity index (χ4v) is 2.07. The van der Waals surface area contributed by atoms with Crippen LogP contribution in [-0.4, -0.2) is 27.8 Å². The van der Waals surface area contributed by atoms with Gasteiger partial charge < -0.3 is 5.11 Å². The van der Waals surface area contributed by atoms with Crippen molar-refractivity contribution in [2.75, 3.05) is 5.01 Å². The number of nitrogens with zero attached hydrogens (tertiary/aromatic N) is 5. The van der Waals surface area contributed by atoms with Crippen LogP contribution in [0.15, 0.2) is 70.5 Å². The minimum Gasteiger partial charge on any atom is -0.491 e. The van der Waals surface area contributed by atoms with Crippen molar-refractivity contribution >= 4 is 29.8 Å². The van der Waals surface area contributed by atoms with E-state index < -0.39 is 0 Å². The van der Waals surface area contributed by atoms with Crippen LogP contribution in [0.1, 0.15) is 12.5 Å². The van der Waals surface area contributed by atoms with Gasteiger partial charge in [-0.15, -0.1) is 5.12 Å². The molecule has 7 heteroatoms. The summed E-state index contributed by atoms with van der Waals surface area (Å²) >= 11 is 5.87. The zero-order chi connectivity index (χ0) is 16.2. The smallest absolute Gasteiger partial charge is 0.250 e. The number of hydrazine groups is 1. The van der Waals surface area contributed by atoms with Gasteiger partial charge in [-0.3, -0.25) is 4.98 Å². The summed E-state index contributed by atoms with van der Waals surface area (Å²) in [4.78, 5) is 8.15. The quantitative estimate of drug-likeness (QED) is 0.875. The predicted molar refractivity (Wildman–Crippen MR) is 91.4 cm³/mol. The molecule has 0 spiro atoms. The Morgan fingerprint density at radius 3 is 2.52 bits per heavy atom. The van der Waals surface area contributed by atoms with Gasteiger partial charge in [0.05, 0.1) is 11.9 Å². The highest BCUT2D eigenvalue weighted by Crippen LogP contribution is 2.22. The topological polar surface area (TPSA) is 64.3 Å². The van der Waals surface area contributed by atoms with Crippen molar-refractivity contribution in [2.45, 2.75) is 6.92 Å². The van der Waals surface area contributed by atoms with Crippen LogP contribution >= 0.6 is 11.6 Å². The second kappa shape index (κ2) is 6.50. The van der Waals surface area contributed by atoms with Gasteiger partial charge in [0.2, 0.25) is 0 Å². The van der Waals surface area contributed by atoms with Crippen LogP contribution in [0.4, 0.5) is 5.69 Å². The van der Waals surface area contributed by atoms with Gasteiger partial charge in [0.1, 0.15) is 12.0 Å². The molecular formula is C16H14ClN5O. The van der Waals surface area contributed by atoms with Crippen molar-refractivity contribution < 1.29 is 5.11 Å². The minimum atomic E-state index is -0.0467. The monoisotopic (exact) mass is 327 g/mol. The molecule has 1 aliphatic rings. The maximum Gasteiger partial charge on any atom is 0.250 e. The molecule has 3 rings (SSSR count). The first-order valence-electron chi connectivity index (χ1n) is 6.88. The molecule has 6 nitrogen and oxygen atoms in total. The van der Waals surface area contributed by atoms with Crippen molar-refractivity contribution in [3.05, 3.63) is 71.0 Å². The highest BCUT2D eigenvalue weighted by atomic mass is 35.5. The molecule has 0 aliphatic carbocycles. The van der Waals surface area contributed by atoms with E-state index in [9.17, 15) is 5.11 Å². The Kier molecular flexibility index (Phi) is 4.25. The molecule has 2 heterocycles. The minimum absolute atomic E-state index is 0.0467. The molecule has 0 saturated carbocycles. The summed E-state index contributed by atoms with van der Waals surface area (Å²) in [5.41, 5.74) is 2.11. The Balaban J connectivity index is 1.92. The molecule has 2 aromatic rings. The van der Waals surface area contributed by atoms with Crippen molar-refractivity contribution in [3.8, 4) is 0 Å². The first-order valence-corrected chi connectivity index (χ1v) is 7.26. The number of aliphatic hydroxyl groups excluding tert-OH is 1. The summed E-state index contributed by atoms with van der Waals surface area (Å²) in [7, 11) is 0. The molecule has 1 aromatic carbocycles. The van der Waals surface area contributed by atoms with Gasteiger partial charge in [-0.2, -0.15) is 5.10 Å². The molecule has 0 radical (unpaired) electrons. The normalized spacial score (nSPS) is 14.9. The van der Waals surface area contributed by atoms with Crippen LogP contribution in [0.3, 0.4) is 0 Å². The highest BCUT2D eigenvalue weighted by molar-refractivity contribution is 6.30. The number of aliphatic hydroxyl groups is 1. The Labute approximate surface area is 138 Å². The molecule has 0 amide bonds. The Hall–Kier alpha value is -2.86. The summed E-state index contributed by atoms with van der Waals surface area (Å²) in [5, 5.41) is 18.3. The summed E-state index contributed by atoms with van der Waals surface area (Å²) in [5.74, 6) is -0.0467. The molecule has 0 unspecified atom stereocenters. The lowest BCUT2D eigenvalue weighted by molar-refractivity contribution is 0.205. The number of aromatic nitrogens is 1. The van der Waals surface area contributed by atoms with E-state index in [-0.39, 0.29) is 5.88 Å². The van der Waals surface area contributed by atoms with Crippen LogP contribution in [0.25, 0.3) is 0 Å². The lowest BCUT2D eigenvalue weighted by atomic mass is 10.2. The molecule has 0 saturated heterocycles. The van der Waals surface area contributed by atoms with Crippen LogP contribution in [-0.2, 0) is 0 Å². The Morgan fingerprint density at radius 1 is 1.13 bits per heavy atom. The zero-order valence-electron chi connectivity index (χ0n) is 12.3. The van der Waals surface area contributed by atoms with Gasteiger partial charge in [0.15, 0.2) is 0 Å². The van der Waals surface area contributed by atoms with E-state index >= 15 is 0 Å². The number of allylic oxidation sites excluding steroid dienone is 1. The van der Waals surface area contributed by atoms with E-state index in [1.807, 2.05) is 12.1 Å². The van der Waals surface area contributed by atoms with E-state index in [2.05, 4.69) is 15.1 Å². The third-order valence-electron chi connectivity index (χ3n) is 3.19. The maximum absolute atomic E-state index is 10.3. The van der Waals surface area contributed by atoms with Gasteiger partial charge in [-0.25, -0.2) is 10.0 Å². The third-order valence-corrected chi connectivity index (χ3v) is 3.44. The predicted octanol–water partition coefficient (Wildman–Crippen LogP) is 3.58. The van der Waals surface area contributed by atoms with Crippen LogP contribution in [0.2, 0.25) is 5.02 Å². The number of pyridine rings is 1. The molecule has 0 bridgehead atoms. The van der Waals surface area contributed by atoms with Crippen molar-refractivity contribution in [1.29, 1.82) is 0 Å². The van der Waals surface area contributed by atoms with Crippen molar-refractivity contribution in [3.63, 3.8) is 0 Å². The van der Waals surface area contributed by atoms with Gasteiger partial charge in [-0.05, 0) is 36.8 Å². The maximum atomic E-state index is 10.3. The lowest BCUT2D eigenvalue weighted by Gasteiger charge is -2.32. The molecule has 1 N–H and O–H groups in total. The van der Waals surface area contributed by atoms with E-state index in [1.54, 1.807) is 61.1 Å². The molecule has 1 aromatic heterocycles. The number of hydrazone groups is 1. The second-order valence-electron chi connectivity index (χ2n) is 4.79. The SMILES string of the molecule is CC1=C(O)N(/N=C/c2ccc(Cl)cc2)N(c2ccncc2)C=N1. The van der Waals surface area contributed by atoms with Crippen LogP contribution in [0.5, 0.6) is 0 Å². The summed E-state index contributed by atoms with van der Waals surface area (Å²) < 4.78 is 0. The van der Waals surface area contributed by atoms with Gasteiger partial charge in [0, 0.05) is 17.4 Å². The average Bonchev–Trinajstić information content (AvgIpc) is 2.58. The molecule has 0 atom stereocenters. The average molecular weight is 328 g/mol. The number of benzene rings is 1. The van der Waals surface area contributed by atoms with Gasteiger partial charge >= 0.3 is 0 Å². The zero-order valence-corrected chi connectivity index (χ0v) is 13.1. The van der Waals surface area contributed by atoms with E-state index in [1.165, 1.54) is 5.12 Å². The molecule has 116 valence electrons. The fourth-order valence-electron chi connectivity index (χ4n) is 1.95. The number of hydrogen-bond acceptors (Lipinski definition) is 6. The first-order chi connectivity index (χ1) is 11.1. The number of hydrogen-bond donors (Lipinski definition) is 1. The van der Waals surface area contributed by atoms with Crippen molar-refractivity contribution in [1.82, 2.24) is 10.1 Å². The molecule has 0 fully saturated rings. The van der Waals surface area contributed by atoms with Crippen molar-refractivity contribution in [2.24, 2.45) is 10.1 Å². The Bertz CT molecular complexity index is 771. The molecule has 1 aliphatic heterocycles. The Morgan fingerprint density at radius 2 is 1.83 bits per heavy atom. The standard InChI is InChI=1S/C16H14ClN5O/c1-12-16(23)22(20-10-13-2-4-14(17)5-3-13)21(11-19-12)15-6-8-18-9-7-15/h2-11,23H,1H3/b20-10+. The van der Waals surface area contributed by atoms with Gasteiger partial charge in [-0.1, -0.05) is 23.7 Å². The van der Waals surface area contributed by atoms with Gasteiger partial charge in [0.25, 0.3) is 5.88 Å². The number of halogens is 1. The third kappa shape index (κ3) is 3.32. The van der Waals surface area contributed by atoms with Crippen LogP contribution in [0, 0.1) is 0 Å². The molecular weight excluding hydrogens is 314 g/mol. The number of aliphatic imine (C=N–C) groups is 1. The number of anilines is 1.